The summed E-state index contributed by atoms with van der Waals surface area (Å²) in [5.41, 5.74) is -0.166. The van der Waals surface area contributed by atoms with Crippen LogP contribution in [0, 0.1) is 17.8 Å². The van der Waals surface area contributed by atoms with E-state index in [0.29, 0.717) is 11.9 Å². The first-order chi connectivity index (χ1) is 19.7. The Morgan fingerprint density at radius 3 is 1.86 bits per heavy atom. The first-order valence-corrected chi connectivity index (χ1v) is 17.0. The molecule has 1 aromatic heterocycles. The van der Waals surface area contributed by atoms with Crippen molar-refractivity contribution in [2.24, 2.45) is 17.8 Å². The summed E-state index contributed by atoms with van der Waals surface area (Å²) in [5, 5.41) is 0. The van der Waals surface area contributed by atoms with Crippen LogP contribution in [0.25, 0.3) is 10.2 Å². The lowest BCUT2D eigenvalue weighted by Gasteiger charge is -2.39. The van der Waals surface area contributed by atoms with Gasteiger partial charge in [0.1, 0.15) is 23.7 Å². The smallest absolute Gasteiger partial charge is 0.329 e. The predicted octanol–water partition coefficient (Wildman–Crippen LogP) is 5.03. The molecule has 0 N–H and O–H groups in total. The zero-order valence-electron chi connectivity index (χ0n) is 27.7. The van der Waals surface area contributed by atoms with E-state index in [-0.39, 0.29) is 28.5 Å². The average Bonchev–Trinajstić information content (AvgIpc) is 3.32. The standard InChI is InChI=1S/C31H50N4O6S2/c1-19(2)17-23(27(36)34(11)26(21(5)6)29(38)41-31(7,8)9)33(10)28(37)24(18-20(3)4)35(12)43(39,40)30-32-22-15-13-14-16-25(22)42-30/h13-16,19-21,23-24,26H,17-18H2,1-12H3/t23-,24-,26-/m0/s1. The van der Waals surface area contributed by atoms with Crippen molar-refractivity contribution in [3.63, 3.8) is 0 Å². The van der Waals surface area contributed by atoms with Crippen molar-refractivity contribution >= 4 is 49.4 Å². The van der Waals surface area contributed by atoms with Crippen molar-refractivity contribution in [1.82, 2.24) is 19.1 Å². The summed E-state index contributed by atoms with van der Waals surface area (Å²) in [6.07, 6.45) is 0.571. The third-order valence-corrected chi connectivity index (χ3v) is 10.4. The van der Waals surface area contributed by atoms with Gasteiger partial charge < -0.3 is 14.5 Å². The monoisotopic (exact) mass is 638 g/mol. The lowest BCUT2D eigenvalue weighted by atomic mass is 9.96. The van der Waals surface area contributed by atoms with Gasteiger partial charge in [-0.2, -0.15) is 4.31 Å². The van der Waals surface area contributed by atoms with Gasteiger partial charge in [-0.3, -0.25) is 9.59 Å². The van der Waals surface area contributed by atoms with Gasteiger partial charge in [0.15, 0.2) is 0 Å². The van der Waals surface area contributed by atoms with E-state index in [1.165, 1.54) is 23.9 Å². The van der Waals surface area contributed by atoms with E-state index in [0.717, 1.165) is 20.3 Å². The first-order valence-electron chi connectivity index (χ1n) is 14.8. The first kappa shape index (κ1) is 36.6. The summed E-state index contributed by atoms with van der Waals surface area (Å²) in [4.78, 5) is 48.4. The molecular formula is C31H50N4O6S2. The minimum absolute atomic E-state index is 0.0187. The third kappa shape index (κ3) is 9.21. The van der Waals surface area contributed by atoms with Crippen molar-refractivity contribution in [3.8, 4) is 0 Å². The van der Waals surface area contributed by atoms with E-state index in [1.54, 1.807) is 46.0 Å². The molecule has 3 atom stereocenters. The summed E-state index contributed by atoms with van der Waals surface area (Å²) < 4.78 is 34.9. The minimum atomic E-state index is -4.13. The fourth-order valence-electron chi connectivity index (χ4n) is 4.97. The number of hydrogen-bond donors (Lipinski definition) is 0. The SMILES string of the molecule is CC(C)C[C@@H](C(=O)N(C)[C@H](C(=O)OC(C)(C)C)C(C)C)N(C)C(=O)[C@H](CC(C)C)N(C)S(=O)(=O)c1nc2ccccc2s1. The van der Waals surface area contributed by atoms with Crippen LogP contribution in [0.2, 0.25) is 0 Å². The number of hydrogen-bond acceptors (Lipinski definition) is 8. The topological polar surface area (TPSA) is 117 Å². The van der Waals surface area contributed by atoms with Crippen LogP contribution in [0.3, 0.4) is 0 Å². The van der Waals surface area contributed by atoms with E-state index < -0.39 is 51.5 Å². The molecule has 0 fully saturated rings. The highest BCUT2D eigenvalue weighted by molar-refractivity contribution is 7.91. The molecule has 0 spiro atoms. The number of para-hydroxylation sites is 1. The van der Waals surface area contributed by atoms with Gasteiger partial charge in [0.25, 0.3) is 10.0 Å². The van der Waals surface area contributed by atoms with Crippen molar-refractivity contribution in [2.75, 3.05) is 21.1 Å². The maximum Gasteiger partial charge on any atom is 0.329 e. The molecule has 2 aromatic rings. The lowest BCUT2D eigenvalue weighted by Crippen LogP contribution is -2.58. The van der Waals surface area contributed by atoms with Crippen molar-refractivity contribution < 1.29 is 27.5 Å². The highest BCUT2D eigenvalue weighted by atomic mass is 32.2. The van der Waals surface area contributed by atoms with Crippen molar-refractivity contribution in [1.29, 1.82) is 0 Å². The highest BCUT2D eigenvalue weighted by Gasteiger charge is 2.42. The largest absolute Gasteiger partial charge is 0.458 e. The van der Waals surface area contributed by atoms with Gasteiger partial charge in [-0.15, -0.1) is 11.3 Å². The van der Waals surface area contributed by atoms with E-state index >= 15 is 0 Å². The number of rotatable bonds is 13. The summed E-state index contributed by atoms with van der Waals surface area (Å²) in [6.45, 7) is 16.7. The Morgan fingerprint density at radius 2 is 1.37 bits per heavy atom. The molecule has 0 saturated heterocycles. The molecule has 2 amide bonds. The van der Waals surface area contributed by atoms with Gasteiger partial charge in [0.05, 0.1) is 10.2 Å². The molecule has 0 saturated carbocycles. The van der Waals surface area contributed by atoms with Crippen LogP contribution in [-0.2, 0) is 29.1 Å². The molecule has 0 aliphatic heterocycles. The second-order valence-corrected chi connectivity index (χ2v) is 16.6. The van der Waals surface area contributed by atoms with Crippen LogP contribution in [0.4, 0.5) is 0 Å². The number of sulfonamides is 1. The Balaban J connectivity index is 2.47. The van der Waals surface area contributed by atoms with Crippen LogP contribution >= 0.6 is 11.3 Å². The van der Waals surface area contributed by atoms with Gasteiger partial charge in [-0.1, -0.05) is 53.7 Å². The number of likely N-dealkylation sites (N-methyl/N-ethyl adjacent to an activating group) is 3. The fraction of sp³-hybridized carbons (Fsp3) is 0.677. The Kier molecular flexibility index (Phi) is 12.3. The molecule has 1 heterocycles. The molecule has 1 aromatic carbocycles. The lowest BCUT2D eigenvalue weighted by molar-refractivity contribution is -0.167. The Bertz CT molecular complexity index is 1350. The Hall–Kier alpha value is -2.57. The van der Waals surface area contributed by atoms with Gasteiger partial charge in [-0.05, 0) is 63.5 Å². The summed E-state index contributed by atoms with van der Waals surface area (Å²) in [6, 6.07) is 4.30. The number of esters is 1. The van der Waals surface area contributed by atoms with Gasteiger partial charge in [-0.25, -0.2) is 18.2 Å². The Labute approximate surface area is 261 Å². The van der Waals surface area contributed by atoms with Crippen molar-refractivity contribution in [3.05, 3.63) is 24.3 Å². The number of fused-ring (bicyclic) bond motifs is 1. The number of ether oxygens (including phenoxy) is 1. The van der Waals surface area contributed by atoms with Gasteiger partial charge >= 0.3 is 5.97 Å². The van der Waals surface area contributed by atoms with Gasteiger partial charge in [0.2, 0.25) is 16.2 Å². The molecular weight excluding hydrogens is 588 g/mol. The average molecular weight is 639 g/mol. The second-order valence-electron chi connectivity index (χ2n) is 13.4. The molecule has 0 bridgehead atoms. The number of nitrogens with zero attached hydrogens (tertiary/aromatic N) is 4. The van der Waals surface area contributed by atoms with E-state index in [9.17, 15) is 22.8 Å². The number of aromatic nitrogens is 1. The van der Waals surface area contributed by atoms with E-state index in [2.05, 4.69) is 4.98 Å². The number of benzene rings is 1. The highest BCUT2D eigenvalue weighted by Crippen LogP contribution is 2.30. The quantitative estimate of drug-likeness (QED) is 0.283. The number of carbonyl (C=O) groups excluding carboxylic acids is 3. The molecule has 0 aliphatic rings. The van der Waals surface area contributed by atoms with E-state index in [1.807, 2.05) is 47.6 Å². The maximum absolute atomic E-state index is 14.2. The molecule has 12 heteroatoms. The van der Waals surface area contributed by atoms with Crippen LogP contribution in [-0.4, -0.2) is 90.2 Å². The zero-order valence-corrected chi connectivity index (χ0v) is 29.4. The normalized spacial score (nSPS) is 14.8. The molecule has 242 valence electrons. The van der Waals surface area contributed by atoms with Gasteiger partial charge in [0, 0.05) is 21.1 Å². The second kappa shape index (κ2) is 14.5. The molecule has 2 rings (SSSR count). The van der Waals surface area contributed by atoms with Crippen LogP contribution in [0.5, 0.6) is 0 Å². The molecule has 0 radical (unpaired) electrons. The summed E-state index contributed by atoms with van der Waals surface area (Å²) in [5.74, 6) is -1.65. The maximum atomic E-state index is 14.2. The van der Waals surface area contributed by atoms with Crippen molar-refractivity contribution in [2.45, 2.75) is 103 Å². The number of thiazole rings is 1. The third-order valence-electron chi connectivity index (χ3n) is 7.13. The fourth-order valence-corrected chi connectivity index (χ4v) is 7.69. The zero-order chi connectivity index (χ0) is 33.0. The summed E-state index contributed by atoms with van der Waals surface area (Å²) in [7, 11) is 0.351. The van der Waals surface area contributed by atoms with Crippen LogP contribution in [0.15, 0.2) is 28.6 Å². The minimum Gasteiger partial charge on any atom is -0.458 e. The predicted molar refractivity (Wildman–Crippen MR) is 171 cm³/mol. The molecule has 0 aliphatic carbocycles. The summed E-state index contributed by atoms with van der Waals surface area (Å²) >= 11 is 1.05. The Morgan fingerprint density at radius 1 is 0.860 bits per heavy atom. The van der Waals surface area contributed by atoms with Crippen LogP contribution < -0.4 is 0 Å². The number of carbonyl (C=O) groups is 3. The molecule has 0 unspecified atom stereocenters. The van der Waals surface area contributed by atoms with E-state index in [4.69, 9.17) is 4.74 Å². The molecule has 10 nitrogen and oxygen atoms in total. The van der Waals surface area contributed by atoms with Crippen LogP contribution in [0.1, 0.15) is 75.2 Å². The molecule has 43 heavy (non-hydrogen) atoms. The number of amides is 2.